The van der Waals surface area contributed by atoms with Gasteiger partial charge in [0.1, 0.15) is 6.33 Å². The molecule has 0 radical (unpaired) electrons. The van der Waals surface area contributed by atoms with E-state index in [0.29, 0.717) is 27.3 Å². The second kappa shape index (κ2) is 7.03. The van der Waals surface area contributed by atoms with E-state index in [1.807, 2.05) is 0 Å². The molecule has 0 saturated heterocycles. The number of nitrogens with zero attached hydrogens (tertiary/aromatic N) is 5. The Morgan fingerprint density at radius 2 is 1.88 bits per heavy atom. The Balaban J connectivity index is 1.75. The molecule has 25 heavy (non-hydrogen) atoms. The Hall–Kier alpha value is -2.09. The van der Waals surface area contributed by atoms with Gasteiger partial charge in [-0.2, -0.15) is 5.10 Å². The number of halogens is 3. The number of anilines is 1. The van der Waals surface area contributed by atoms with Gasteiger partial charge in [0.15, 0.2) is 5.69 Å². The Kier molecular flexibility index (Phi) is 4.99. The first-order valence-electron chi connectivity index (χ1n) is 7.19. The highest BCUT2D eigenvalue weighted by Crippen LogP contribution is 2.25. The van der Waals surface area contributed by atoms with Gasteiger partial charge in [0.25, 0.3) is 5.91 Å². The molecule has 0 unspecified atom stereocenters. The summed E-state index contributed by atoms with van der Waals surface area (Å²) in [5.41, 5.74) is 1.53. The van der Waals surface area contributed by atoms with Gasteiger partial charge < -0.3 is 0 Å². The summed E-state index contributed by atoms with van der Waals surface area (Å²) in [6.45, 7) is 2.09. The Bertz CT molecular complexity index is 929. The number of hydrogen-bond donors (Lipinski definition) is 1. The van der Waals surface area contributed by atoms with Crippen LogP contribution in [0.15, 0.2) is 24.5 Å². The summed E-state index contributed by atoms with van der Waals surface area (Å²) in [4.78, 5) is 16.3. The van der Waals surface area contributed by atoms with Crippen molar-refractivity contribution in [1.82, 2.24) is 24.5 Å². The zero-order valence-electron chi connectivity index (χ0n) is 13.3. The van der Waals surface area contributed by atoms with E-state index in [-0.39, 0.29) is 11.6 Å². The zero-order chi connectivity index (χ0) is 18.1. The first kappa shape index (κ1) is 17.7. The number of benzene rings is 1. The summed E-state index contributed by atoms with van der Waals surface area (Å²) >= 11 is 18.4. The molecule has 0 fully saturated rings. The van der Waals surface area contributed by atoms with Crippen LogP contribution in [0.4, 0.5) is 5.95 Å². The lowest BCUT2D eigenvalue weighted by Crippen LogP contribution is -2.15. The molecule has 2 heterocycles. The van der Waals surface area contributed by atoms with Crippen LogP contribution < -0.4 is 5.32 Å². The summed E-state index contributed by atoms with van der Waals surface area (Å²) < 4.78 is 3.05. The largest absolute Gasteiger partial charge is 0.288 e. The first-order valence-corrected chi connectivity index (χ1v) is 8.33. The summed E-state index contributed by atoms with van der Waals surface area (Å²) in [6, 6.07) is 5.25. The van der Waals surface area contributed by atoms with Gasteiger partial charge in [0.2, 0.25) is 5.95 Å². The number of aryl methyl sites for hydroxylation is 1. The maximum atomic E-state index is 12.3. The lowest BCUT2D eigenvalue weighted by atomic mass is 10.2. The number of rotatable bonds is 4. The van der Waals surface area contributed by atoms with Crippen molar-refractivity contribution in [3.8, 4) is 0 Å². The van der Waals surface area contributed by atoms with Gasteiger partial charge in [-0.05, 0) is 19.1 Å². The van der Waals surface area contributed by atoms with Gasteiger partial charge in [0, 0.05) is 22.7 Å². The fraction of sp³-hybridized carbons (Fsp3) is 0.200. The quantitative estimate of drug-likeness (QED) is 0.727. The minimum atomic E-state index is -0.484. The van der Waals surface area contributed by atoms with Crippen LogP contribution in [0.1, 0.15) is 21.7 Å². The van der Waals surface area contributed by atoms with Gasteiger partial charge in [-0.15, -0.1) is 5.10 Å². The van der Waals surface area contributed by atoms with Crippen LogP contribution in [-0.2, 0) is 13.6 Å². The molecule has 7 nitrogen and oxygen atoms in total. The lowest BCUT2D eigenvalue weighted by molar-refractivity contribution is 0.102. The molecule has 1 N–H and O–H groups in total. The van der Waals surface area contributed by atoms with Crippen LogP contribution in [-0.4, -0.2) is 30.5 Å². The normalized spacial score (nSPS) is 10.9. The van der Waals surface area contributed by atoms with Crippen molar-refractivity contribution in [1.29, 1.82) is 0 Å². The van der Waals surface area contributed by atoms with E-state index in [9.17, 15) is 4.79 Å². The third-order valence-electron chi connectivity index (χ3n) is 3.62. The molecular formula is C15H13Cl3N6O. The van der Waals surface area contributed by atoms with Gasteiger partial charge in [0.05, 0.1) is 17.3 Å². The van der Waals surface area contributed by atoms with E-state index in [0.717, 1.165) is 5.56 Å². The molecule has 0 aliphatic carbocycles. The van der Waals surface area contributed by atoms with Crippen LogP contribution in [0.2, 0.25) is 15.1 Å². The minimum absolute atomic E-state index is 0.118. The molecule has 2 aromatic heterocycles. The topological polar surface area (TPSA) is 77.6 Å². The summed E-state index contributed by atoms with van der Waals surface area (Å²) in [5, 5.41) is 12.2. The molecule has 0 bridgehead atoms. The summed E-state index contributed by atoms with van der Waals surface area (Å²) in [7, 11) is 1.71. The maximum absolute atomic E-state index is 12.3. The Morgan fingerprint density at radius 3 is 2.48 bits per heavy atom. The molecule has 0 aliphatic heterocycles. The second-order valence-electron chi connectivity index (χ2n) is 5.29. The van der Waals surface area contributed by atoms with Crippen molar-refractivity contribution in [3.05, 3.63) is 56.5 Å². The van der Waals surface area contributed by atoms with Crippen molar-refractivity contribution in [2.45, 2.75) is 13.5 Å². The molecule has 3 rings (SSSR count). The molecule has 10 heteroatoms. The number of amides is 1. The number of hydrogen-bond acceptors (Lipinski definition) is 4. The first-order chi connectivity index (χ1) is 11.9. The fourth-order valence-electron chi connectivity index (χ4n) is 2.16. The van der Waals surface area contributed by atoms with Gasteiger partial charge in [-0.1, -0.05) is 40.9 Å². The minimum Gasteiger partial charge on any atom is -0.288 e. The van der Waals surface area contributed by atoms with E-state index in [1.54, 1.807) is 32.2 Å². The third-order valence-corrected chi connectivity index (χ3v) is 4.78. The highest BCUT2D eigenvalue weighted by molar-refractivity contribution is 6.36. The predicted octanol–water partition coefficient (Wildman–Crippen LogP) is 3.58. The summed E-state index contributed by atoms with van der Waals surface area (Å²) in [5.74, 6) is -0.352. The Morgan fingerprint density at radius 1 is 1.20 bits per heavy atom. The number of carbonyl (C=O) groups is 1. The van der Waals surface area contributed by atoms with E-state index < -0.39 is 5.91 Å². The predicted molar refractivity (Wildman–Crippen MR) is 96.5 cm³/mol. The third kappa shape index (κ3) is 3.63. The molecule has 130 valence electrons. The van der Waals surface area contributed by atoms with Crippen molar-refractivity contribution in [2.24, 2.45) is 7.05 Å². The van der Waals surface area contributed by atoms with Crippen LogP contribution in [0.3, 0.4) is 0 Å². The molecule has 0 aliphatic rings. The standard InChI is InChI=1S/C15H13Cl3N6O/c1-8-12(18)13(21-23(8)2)14(25)20-15-19-7-24(22-15)6-9-10(16)4-3-5-11(9)17/h3-5,7H,6H2,1-2H3,(H,20,22,25). The molecule has 1 aromatic carbocycles. The molecular weight excluding hydrogens is 387 g/mol. The van der Waals surface area contributed by atoms with Crippen molar-refractivity contribution >= 4 is 46.7 Å². The van der Waals surface area contributed by atoms with Gasteiger partial charge in [-0.3, -0.25) is 14.8 Å². The second-order valence-corrected chi connectivity index (χ2v) is 6.48. The molecule has 1 amide bonds. The monoisotopic (exact) mass is 398 g/mol. The highest BCUT2D eigenvalue weighted by atomic mass is 35.5. The SMILES string of the molecule is Cc1c(Cl)c(C(=O)Nc2ncn(Cc3c(Cl)cccc3Cl)n2)nn1C. The van der Waals surface area contributed by atoms with Crippen molar-refractivity contribution < 1.29 is 4.79 Å². The maximum Gasteiger partial charge on any atom is 0.280 e. The average Bonchev–Trinajstić information content (AvgIpc) is 3.11. The smallest absolute Gasteiger partial charge is 0.280 e. The van der Waals surface area contributed by atoms with E-state index >= 15 is 0 Å². The molecule has 0 atom stereocenters. The van der Waals surface area contributed by atoms with Crippen LogP contribution in [0, 0.1) is 6.92 Å². The molecule has 3 aromatic rings. The van der Waals surface area contributed by atoms with Gasteiger partial charge >= 0.3 is 0 Å². The van der Waals surface area contributed by atoms with E-state index in [2.05, 4.69) is 20.5 Å². The van der Waals surface area contributed by atoms with Crippen LogP contribution >= 0.6 is 34.8 Å². The fourth-order valence-corrected chi connectivity index (χ4v) is 2.92. The zero-order valence-corrected chi connectivity index (χ0v) is 15.6. The van der Waals surface area contributed by atoms with Crippen LogP contribution in [0.5, 0.6) is 0 Å². The van der Waals surface area contributed by atoms with E-state index in [4.69, 9.17) is 34.8 Å². The lowest BCUT2D eigenvalue weighted by Gasteiger charge is -2.06. The van der Waals surface area contributed by atoms with Gasteiger partial charge in [-0.25, -0.2) is 9.67 Å². The average molecular weight is 400 g/mol. The molecule has 0 saturated carbocycles. The van der Waals surface area contributed by atoms with Crippen molar-refractivity contribution in [2.75, 3.05) is 5.32 Å². The number of nitrogens with one attached hydrogen (secondary N) is 1. The van der Waals surface area contributed by atoms with E-state index in [1.165, 1.54) is 15.7 Å². The summed E-state index contributed by atoms with van der Waals surface area (Å²) in [6.07, 6.45) is 1.47. The highest BCUT2D eigenvalue weighted by Gasteiger charge is 2.19. The number of aromatic nitrogens is 5. The Labute approximate surface area is 158 Å². The number of carbonyl (C=O) groups excluding carboxylic acids is 1. The molecule has 0 spiro atoms. The van der Waals surface area contributed by atoms with Crippen molar-refractivity contribution in [3.63, 3.8) is 0 Å². The van der Waals surface area contributed by atoms with Crippen LogP contribution in [0.25, 0.3) is 0 Å².